The van der Waals surface area contributed by atoms with Crippen LogP contribution in [0.2, 0.25) is 0 Å². The van der Waals surface area contributed by atoms with Gasteiger partial charge in [-0.2, -0.15) is 0 Å². The van der Waals surface area contributed by atoms with Gasteiger partial charge in [-0.05, 0) is 12.8 Å². The molecule has 6 nitrogen and oxygen atoms in total. The molecule has 0 saturated carbocycles. The average molecular weight is 284 g/mol. The number of amides is 2. The third-order valence-corrected chi connectivity index (χ3v) is 4.13. The van der Waals surface area contributed by atoms with Gasteiger partial charge in [-0.25, -0.2) is 0 Å². The Balaban J connectivity index is 3.25. The predicted octanol–water partition coefficient (Wildman–Crippen LogP) is 1.25. The molecule has 0 aliphatic rings. The third kappa shape index (κ3) is 3.17. The SMILES string of the molecule is CNC(=O)c1c(NC(C)C(C)C)sc(C(N)=O)c1N. The Morgan fingerprint density at radius 1 is 1.26 bits per heavy atom. The molecule has 19 heavy (non-hydrogen) atoms. The van der Waals surface area contributed by atoms with Crippen molar-refractivity contribution in [3.8, 4) is 0 Å². The number of nitrogens with one attached hydrogen (secondary N) is 2. The van der Waals surface area contributed by atoms with Gasteiger partial charge < -0.3 is 22.1 Å². The van der Waals surface area contributed by atoms with Gasteiger partial charge in [0.25, 0.3) is 11.8 Å². The van der Waals surface area contributed by atoms with E-state index in [1.54, 1.807) is 0 Å². The van der Waals surface area contributed by atoms with Gasteiger partial charge in [-0.1, -0.05) is 13.8 Å². The van der Waals surface area contributed by atoms with Crippen molar-refractivity contribution in [2.75, 3.05) is 18.1 Å². The van der Waals surface area contributed by atoms with E-state index >= 15 is 0 Å². The van der Waals surface area contributed by atoms with E-state index in [0.29, 0.717) is 10.9 Å². The fourth-order valence-corrected chi connectivity index (χ4v) is 2.52. The first kappa shape index (κ1) is 15.3. The second-order valence-electron chi connectivity index (χ2n) is 4.67. The van der Waals surface area contributed by atoms with Crippen LogP contribution in [0.15, 0.2) is 0 Å². The molecule has 0 aromatic carbocycles. The van der Waals surface area contributed by atoms with Crippen LogP contribution < -0.4 is 22.1 Å². The lowest BCUT2D eigenvalue weighted by molar-refractivity contribution is 0.0964. The standard InChI is InChI=1S/C12H20N4O2S/c1-5(2)6(3)16-12-7(11(18)15-4)8(13)9(19-12)10(14)17/h5-6,16H,13H2,1-4H3,(H2,14,17)(H,15,18). The summed E-state index contributed by atoms with van der Waals surface area (Å²) >= 11 is 1.11. The van der Waals surface area contributed by atoms with Gasteiger partial charge in [0.05, 0.1) is 11.3 Å². The summed E-state index contributed by atoms with van der Waals surface area (Å²) in [7, 11) is 1.51. The summed E-state index contributed by atoms with van der Waals surface area (Å²) in [5.74, 6) is -0.588. The van der Waals surface area contributed by atoms with Crippen LogP contribution in [0.25, 0.3) is 0 Å². The molecule has 7 heteroatoms. The van der Waals surface area contributed by atoms with Gasteiger partial charge >= 0.3 is 0 Å². The molecule has 0 bridgehead atoms. The highest BCUT2D eigenvalue weighted by molar-refractivity contribution is 7.19. The van der Waals surface area contributed by atoms with Gasteiger partial charge in [0, 0.05) is 13.1 Å². The van der Waals surface area contributed by atoms with Gasteiger partial charge in [-0.3, -0.25) is 9.59 Å². The van der Waals surface area contributed by atoms with E-state index in [2.05, 4.69) is 24.5 Å². The smallest absolute Gasteiger partial charge is 0.260 e. The molecule has 1 aromatic rings. The van der Waals surface area contributed by atoms with Crippen LogP contribution in [0.1, 0.15) is 40.8 Å². The van der Waals surface area contributed by atoms with E-state index in [1.807, 2.05) is 6.92 Å². The minimum Gasteiger partial charge on any atom is -0.397 e. The number of nitrogens with two attached hydrogens (primary N) is 2. The first-order valence-corrected chi connectivity index (χ1v) is 6.81. The molecule has 0 aliphatic heterocycles. The molecule has 1 unspecified atom stereocenters. The number of anilines is 2. The number of primary amides is 1. The molecular formula is C12H20N4O2S. The van der Waals surface area contributed by atoms with Crippen molar-refractivity contribution >= 4 is 33.8 Å². The summed E-state index contributed by atoms with van der Waals surface area (Å²) in [6.07, 6.45) is 0. The Morgan fingerprint density at radius 2 is 1.84 bits per heavy atom. The first-order chi connectivity index (χ1) is 8.79. The molecular weight excluding hydrogens is 264 g/mol. The van der Waals surface area contributed by atoms with Crippen LogP contribution in [-0.2, 0) is 0 Å². The van der Waals surface area contributed by atoms with E-state index in [1.165, 1.54) is 7.05 Å². The summed E-state index contributed by atoms with van der Waals surface area (Å²) in [6, 6.07) is 0.141. The summed E-state index contributed by atoms with van der Waals surface area (Å²) < 4.78 is 0. The van der Waals surface area contributed by atoms with Crippen molar-refractivity contribution in [2.45, 2.75) is 26.8 Å². The molecule has 1 rings (SSSR count). The van der Waals surface area contributed by atoms with Crippen LogP contribution in [0.4, 0.5) is 10.7 Å². The van der Waals surface area contributed by atoms with E-state index in [-0.39, 0.29) is 28.1 Å². The topological polar surface area (TPSA) is 110 Å². The fourth-order valence-electron chi connectivity index (χ4n) is 1.45. The van der Waals surface area contributed by atoms with Crippen LogP contribution in [0.3, 0.4) is 0 Å². The average Bonchev–Trinajstić information content (AvgIpc) is 2.65. The Labute approximate surface area is 116 Å². The van der Waals surface area contributed by atoms with Crippen LogP contribution >= 0.6 is 11.3 Å². The van der Waals surface area contributed by atoms with Crippen LogP contribution in [-0.4, -0.2) is 24.9 Å². The number of hydrogen-bond donors (Lipinski definition) is 4. The van der Waals surface area contributed by atoms with Gasteiger partial charge in [0.15, 0.2) is 0 Å². The molecule has 1 heterocycles. The van der Waals surface area contributed by atoms with Crippen molar-refractivity contribution in [3.63, 3.8) is 0 Å². The Bertz CT molecular complexity index is 496. The maximum atomic E-state index is 11.9. The summed E-state index contributed by atoms with van der Waals surface area (Å²) in [6.45, 7) is 6.12. The van der Waals surface area contributed by atoms with Gasteiger partial charge in [0.2, 0.25) is 0 Å². The Kier molecular flexibility index (Phi) is 4.77. The summed E-state index contributed by atoms with van der Waals surface area (Å²) in [4.78, 5) is 23.4. The monoisotopic (exact) mass is 284 g/mol. The number of nitrogen functional groups attached to an aromatic ring is 1. The molecule has 1 atom stereocenters. The van der Waals surface area contributed by atoms with Crippen molar-refractivity contribution < 1.29 is 9.59 Å². The number of rotatable bonds is 5. The third-order valence-electron chi connectivity index (χ3n) is 2.98. The number of carbonyl (C=O) groups is 2. The van der Waals surface area contributed by atoms with Gasteiger partial charge in [0.1, 0.15) is 9.88 Å². The van der Waals surface area contributed by atoms with E-state index in [0.717, 1.165) is 11.3 Å². The first-order valence-electron chi connectivity index (χ1n) is 6.00. The highest BCUT2D eigenvalue weighted by Gasteiger charge is 2.25. The van der Waals surface area contributed by atoms with Crippen molar-refractivity contribution in [1.29, 1.82) is 0 Å². The number of hydrogen-bond acceptors (Lipinski definition) is 5. The number of thiophene rings is 1. The second-order valence-corrected chi connectivity index (χ2v) is 5.69. The predicted molar refractivity (Wildman–Crippen MR) is 78.6 cm³/mol. The molecule has 0 radical (unpaired) electrons. The normalized spacial score (nSPS) is 12.3. The van der Waals surface area contributed by atoms with Crippen molar-refractivity contribution in [1.82, 2.24) is 5.32 Å². The quantitative estimate of drug-likeness (QED) is 0.652. The maximum absolute atomic E-state index is 11.9. The maximum Gasteiger partial charge on any atom is 0.260 e. The van der Waals surface area contributed by atoms with Crippen molar-refractivity contribution in [3.05, 3.63) is 10.4 Å². The molecule has 0 fully saturated rings. The molecule has 0 spiro atoms. The van der Waals surface area contributed by atoms with Gasteiger partial charge in [-0.15, -0.1) is 11.3 Å². The number of carbonyl (C=O) groups excluding carboxylic acids is 2. The van der Waals surface area contributed by atoms with Crippen LogP contribution in [0.5, 0.6) is 0 Å². The highest BCUT2D eigenvalue weighted by atomic mass is 32.1. The molecule has 106 valence electrons. The zero-order valence-corrected chi connectivity index (χ0v) is 12.4. The Hall–Kier alpha value is -1.76. The second kappa shape index (κ2) is 5.92. The lowest BCUT2D eigenvalue weighted by Gasteiger charge is -2.18. The zero-order valence-electron chi connectivity index (χ0n) is 11.5. The molecule has 6 N–H and O–H groups in total. The minimum atomic E-state index is -0.627. The highest BCUT2D eigenvalue weighted by Crippen LogP contribution is 2.36. The van der Waals surface area contributed by atoms with E-state index in [9.17, 15) is 9.59 Å². The van der Waals surface area contributed by atoms with E-state index in [4.69, 9.17) is 11.5 Å². The Morgan fingerprint density at radius 3 is 2.26 bits per heavy atom. The fraction of sp³-hybridized carbons (Fsp3) is 0.500. The van der Waals surface area contributed by atoms with Crippen LogP contribution in [0, 0.1) is 5.92 Å². The largest absolute Gasteiger partial charge is 0.397 e. The zero-order chi connectivity index (χ0) is 14.7. The molecule has 1 aromatic heterocycles. The van der Waals surface area contributed by atoms with Crippen molar-refractivity contribution in [2.24, 2.45) is 11.7 Å². The minimum absolute atomic E-state index is 0.135. The summed E-state index contributed by atoms with van der Waals surface area (Å²) in [5.41, 5.74) is 11.5. The molecule has 0 aliphatic carbocycles. The molecule has 0 saturated heterocycles. The van der Waals surface area contributed by atoms with E-state index < -0.39 is 5.91 Å². The summed E-state index contributed by atoms with van der Waals surface area (Å²) in [5, 5.41) is 6.30. The lowest BCUT2D eigenvalue weighted by atomic mass is 10.1. The molecule has 2 amide bonds. The lowest BCUT2D eigenvalue weighted by Crippen LogP contribution is -2.24.